The molecule has 25 heavy (non-hydrogen) atoms. The molecular formula is C25H44. The van der Waals surface area contributed by atoms with Crippen LogP contribution in [0.1, 0.15) is 111 Å². The Morgan fingerprint density at radius 2 is 1.72 bits per heavy atom. The van der Waals surface area contributed by atoms with Gasteiger partial charge in [-0.3, -0.25) is 0 Å². The number of hydrogen-bond acceptors (Lipinski definition) is 0. The summed E-state index contributed by atoms with van der Waals surface area (Å²) in [6.45, 7) is 7.54. The third kappa shape index (κ3) is 3.12. The van der Waals surface area contributed by atoms with Crippen LogP contribution in [-0.2, 0) is 0 Å². The van der Waals surface area contributed by atoms with Gasteiger partial charge in [-0.05, 0) is 85.4 Å². The van der Waals surface area contributed by atoms with E-state index in [9.17, 15) is 0 Å². The van der Waals surface area contributed by atoms with Crippen LogP contribution in [0.15, 0.2) is 0 Å². The molecule has 0 spiro atoms. The minimum Gasteiger partial charge on any atom is -0.0654 e. The molecule has 0 aromatic rings. The molecular weight excluding hydrogens is 300 g/mol. The van der Waals surface area contributed by atoms with Crippen LogP contribution >= 0.6 is 0 Å². The number of rotatable bonds is 5. The molecule has 0 N–H and O–H groups in total. The summed E-state index contributed by atoms with van der Waals surface area (Å²) in [6, 6.07) is 0. The largest absolute Gasteiger partial charge is 0.0654 e. The lowest BCUT2D eigenvalue weighted by Crippen LogP contribution is -2.50. The maximum absolute atomic E-state index is 2.71. The number of hydrogen-bond donors (Lipinski definition) is 0. The van der Waals surface area contributed by atoms with E-state index in [1.54, 1.807) is 64.2 Å². The van der Waals surface area contributed by atoms with E-state index in [-0.39, 0.29) is 0 Å². The first kappa shape index (κ1) is 18.4. The smallest absolute Gasteiger partial charge is 0.0266 e. The molecule has 0 heterocycles. The van der Waals surface area contributed by atoms with Crippen LogP contribution in [0.4, 0.5) is 0 Å². The fourth-order valence-corrected chi connectivity index (χ4v) is 8.84. The van der Waals surface area contributed by atoms with Crippen molar-refractivity contribution in [3.05, 3.63) is 0 Å². The molecule has 0 nitrogen and oxygen atoms in total. The van der Waals surface area contributed by atoms with E-state index in [0.717, 1.165) is 46.8 Å². The molecule has 4 aliphatic rings. The summed E-state index contributed by atoms with van der Waals surface area (Å²) in [6.07, 6.45) is 21.6. The highest BCUT2D eigenvalue weighted by molar-refractivity contribution is 5.06. The summed E-state index contributed by atoms with van der Waals surface area (Å²) in [4.78, 5) is 0. The van der Waals surface area contributed by atoms with Crippen LogP contribution in [-0.4, -0.2) is 0 Å². The van der Waals surface area contributed by atoms with Gasteiger partial charge in [0.1, 0.15) is 0 Å². The fourth-order valence-electron chi connectivity index (χ4n) is 8.84. The highest BCUT2D eigenvalue weighted by atomic mass is 14.6. The van der Waals surface area contributed by atoms with E-state index >= 15 is 0 Å². The van der Waals surface area contributed by atoms with Crippen molar-refractivity contribution in [2.75, 3.05) is 0 Å². The summed E-state index contributed by atoms with van der Waals surface area (Å²) in [5, 5.41) is 0. The van der Waals surface area contributed by atoms with Gasteiger partial charge in [0.25, 0.3) is 0 Å². The molecule has 0 heteroatoms. The maximum Gasteiger partial charge on any atom is -0.0266 e. The Morgan fingerprint density at radius 3 is 2.52 bits per heavy atom. The molecule has 144 valence electrons. The first-order valence-electron chi connectivity index (χ1n) is 12.2. The van der Waals surface area contributed by atoms with Crippen molar-refractivity contribution >= 4 is 0 Å². The maximum atomic E-state index is 2.71. The molecule has 0 saturated heterocycles. The lowest BCUT2D eigenvalue weighted by Gasteiger charge is -2.57. The summed E-state index contributed by atoms with van der Waals surface area (Å²) in [5.41, 5.74) is 0.717. The summed E-state index contributed by atoms with van der Waals surface area (Å²) in [5.74, 6) is 7.73. The van der Waals surface area contributed by atoms with Gasteiger partial charge in [0.05, 0.1) is 0 Å². The standard InChI is InChI=1S/C25H44/c1-4-6-7-9-18-10-8-11-19-12-14-21-22(24(18)19)16-17-25(3)20(5-2)13-15-23(21)25/h18-24H,4-17H2,1-3H3/t18-,19?,20+,21-,22+,23+,24+,25-/m1/s1. The molecule has 0 aromatic heterocycles. The third-order valence-electron chi connectivity index (χ3n) is 9.96. The molecule has 0 amide bonds. The molecule has 0 aromatic carbocycles. The first-order chi connectivity index (χ1) is 12.2. The van der Waals surface area contributed by atoms with Crippen molar-refractivity contribution in [1.29, 1.82) is 0 Å². The zero-order chi connectivity index (χ0) is 17.4. The van der Waals surface area contributed by atoms with E-state index in [1.807, 2.05) is 0 Å². The molecule has 0 radical (unpaired) electrons. The lowest BCUT2D eigenvalue weighted by molar-refractivity contribution is -0.0822. The normalized spacial score (nSPS) is 49.3. The number of fused-ring (bicyclic) bond motifs is 5. The monoisotopic (exact) mass is 344 g/mol. The van der Waals surface area contributed by atoms with Crippen LogP contribution in [0.3, 0.4) is 0 Å². The van der Waals surface area contributed by atoms with Gasteiger partial charge in [-0.2, -0.15) is 0 Å². The second kappa shape index (κ2) is 7.55. The zero-order valence-electron chi connectivity index (χ0n) is 17.4. The van der Waals surface area contributed by atoms with Gasteiger partial charge in [0.15, 0.2) is 0 Å². The van der Waals surface area contributed by atoms with E-state index in [4.69, 9.17) is 0 Å². The second-order valence-electron chi connectivity index (χ2n) is 10.8. The predicted octanol–water partition coefficient (Wildman–Crippen LogP) is 7.86. The van der Waals surface area contributed by atoms with Crippen LogP contribution < -0.4 is 0 Å². The Morgan fingerprint density at radius 1 is 0.840 bits per heavy atom. The van der Waals surface area contributed by atoms with Crippen molar-refractivity contribution < 1.29 is 0 Å². The van der Waals surface area contributed by atoms with Crippen LogP contribution in [0.2, 0.25) is 0 Å². The molecule has 4 fully saturated rings. The second-order valence-corrected chi connectivity index (χ2v) is 10.8. The predicted molar refractivity (Wildman–Crippen MR) is 109 cm³/mol. The Bertz CT molecular complexity index is 439. The molecule has 4 rings (SSSR count). The molecule has 8 atom stereocenters. The van der Waals surface area contributed by atoms with Crippen LogP contribution in [0, 0.1) is 46.8 Å². The van der Waals surface area contributed by atoms with Gasteiger partial charge in [-0.1, -0.05) is 72.1 Å². The zero-order valence-corrected chi connectivity index (χ0v) is 17.4. The quantitative estimate of drug-likeness (QED) is 0.445. The van der Waals surface area contributed by atoms with Gasteiger partial charge in [0, 0.05) is 0 Å². The Labute approximate surface area is 157 Å². The molecule has 0 aliphatic heterocycles. The number of unbranched alkanes of at least 4 members (excludes halogenated alkanes) is 2. The van der Waals surface area contributed by atoms with Crippen LogP contribution in [0.25, 0.3) is 0 Å². The molecule has 1 unspecified atom stereocenters. The van der Waals surface area contributed by atoms with Crippen LogP contribution in [0.5, 0.6) is 0 Å². The topological polar surface area (TPSA) is 0 Å². The Hall–Kier alpha value is 0. The van der Waals surface area contributed by atoms with E-state index in [0.29, 0.717) is 0 Å². The SMILES string of the molecule is CCCCC[C@@H]1CCCC2CC[C@@H]3[C@H](CC[C@]4(C)[C@@H](CC)CC[C@@H]34)[C@H]21. The van der Waals surface area contributed by atoms with Crippen molar-refractivity contribution in [3.8, 4) is 0 Å². The summed E-state index contributed by atoms with van der Waals surface area (Å²) >= 11 is 0. The lowest BCUT2D eigenvalue weighted by atomic mass is 9.48. The average Bonchev–Trinajstić information content (AvgIpc) is 2.98. The summed E-state index contributed by atoms with van der Waals surface area (Å²) < 4.78 is 0. The van der Waals surface area contributed by atoms with Gasteiger partial charge in [-0.15, -0.1) is 0 Å². The fraction of sp³-hybridized carbons (Fsp3) is 1.00. The van der Waals surface area contributed by atoms with Gasteiger partial charge >= 0.3 is 0 Å². The van der Waals surface area contributed by atoms with E-state index in [1.165, 1.54) is 25.7 Å². The average molecular weight is 345 g/mol. The van der Waals surface area contributed by atoms with Gasteiger partial charge in [-0.25, -0.2) is 0 Å². The third-order valence-corrected chi connectivity index (χ3v) is 9.96. The molecule has 0 bridgehead atoms. The highest BCUT2D eigenvalue weighted by Crippen LogP contribution is 2.65. The first-order valence-corrected chi connectivity index (χ1v) is 12.2. The van der Waals surface area contributed by atoms with Crippen molar-refractivity contribution in [1.82, 2.24) is 0 Å². The van der Waals surface area contributed by atoms with E-state index in [2.05, 4.69) is 20.8 Å². The van der Waals surface area contributed by atoms with Gasteiger partial charge < -0.3 is 0 Å². The van der Waals surface area contributed by atoms with Crippen molar-refractivity contribution in [3.63, 3.8) is 0 Å². The van der Waals surface area contributed by atoms with E-state index < -0.39 is 0 Å². The molecule has 4 saturated carbocycles. The Kier molecular flexibility index (Phi) is 5.55. The minimum absolute atomic E-state index is 0.717. The Balaban J connectivity index is 1.51. The minimum atomic E-state index is 0.717. The van der Waals surface area contributed by atoms with Crippen molar-refractivity contribution in [2.45, 2.75) is 111 Å². The summed E-state index contributed by atoms with van der Waals surface area (Å²) in [7, 11) is 0. The van der Waals surface area contributed by atoms with Gasteiger partial charge in [0.2, 0.25) is 0 Å². The highest BCUT2D eigenvalue weighted by Gasteiger charge is 2.57. The van der Waals surface area contributed by atoms with Crippen molar-refractivity contribution in [2.24, 2.45) is 46.8 Å². The molecule has 4 aliphatic carbocycles.